The quantitative estimate of drug-likeness (QED) is 0.556. The fourth-order valence-corrected chi connectivity index (χ4v) is 4.12. The molecule has 1 fully saturated rings. The average molecular weight is 437 g/mol. The third-order valence-corrected chi connectivity index (χ3v) is 5.89. The first kappa shape index (κ1) is 22.4. The van der Waals surface area contributed by atoms with Crippen LogP contribution in [0.2, 0.25) is 0 Å². The first-order valence-electron chi connectivity index (χ1n) is 11.0. The Hall–Kier alpha value is -2.80. The van der Waals surface area contributed by atoms with E-state index in [0.29, 0.717) is 19.6 Å². The monoisotopic (exact) mass is 436 g/mol. The molecule has 1 aromatic heterocycles. The van der Waals surface area contributed by atoms with Crippen LogP contribution in [0.15, 0.2) is 60.8 Å². The van der Waals surface area contributed by atoms with Crippen molar-refractivity contribution < 1.29 is 19.0 Å². The molecule has 1 saturated heterocycles. The van der Waals surface area contributed by atoms with E-state index >= 15 is 0 Å². The van der Waals surface area contributed by atoms with Gasteiger partial charge in [0, 0.05) is 30.6 Å². The van der Waals surface area contributed by atoms with Gasteiger partial charge in [0.15, 0.2) is 0 Å². The van der Waals surface area contributed by atoms with Crippen molar-refractivity contribution in [2.45, 2.75) is 37.5 Å². The maximum absolute atomic E-state index is 13.2. The number of nitrogens with zero attached hydrogens (tertiary/aromatic N) is 1. The van der Waals surface area contributed by atoms with Crippen LogP contribution < -0.4 is 10.1 Å². The molecule has 3 atom stereocenters. The molecule has 0 spiro atoms. The van der Waals surface area contributed by atoms with Gasteiger partial charge < -0.3 is 19.9 Å². The minimum Gasteiger partial charge on any atom is -0.497 e. The molecule has 168 valence electrons. The number of nitrogens with one attached hydrogen (secondary N) is 1. The molecule has 2 aromatic carbocycles. The van der Waals surface area contributed by atoms with Gasteiger partial charge >= 0.3 is 0 Å². The molecule has 4 rings (SSSR count). The Bertz CT molecular complexity index is 1060. The lowest BCUT2D eigenvalue weighted by molar-refractivity contribution is -0.0711. The highest BCUT2D eigenvalue weighted by molar-refractivity contribution is 5.83. The number of fused-ring (bicyclic) bond motifs is 1. The smallest absolute Gasteiger partial charge is 0.123 e. The van der Waals surface area contributed by atoms with Gasteiger partial charge in [-0.15, -0.1) is 0 Å². The number of benzene rings is 2. The van der Waals surface area contributed by atoms with E-state index in [0.717, 1.165) is 40.6 Å². The minimum atomic E-state index is -0.583. The van der Waals surface area contributed by atoms with E-state index in [4.69, 9.17) is 9.47 Å². The van der Waals surface area contributed by atoms with Crippen molar-refractivity contribution in [2.24, 2.45) is 0 Å². The van der Waals surface area contributed by atoms with Crippen LogP contribution in [0.25, 0.3) is 17.0 Å². The van der Waals surface area contributed by atoms with Gasteiger partial charge in [-0.1, -0.05) is 24.3 Å². The normalized spacial score (nSPS) is 20.0. The molecule has 3 aromatic rings. The van der Waals surface area contributed by atoms with E-state index in [1.54, 1.807) is 19.4 Å². The fraction of sp³-hybridized carbons (Fsp3) is 0.346. The second kappa shape index (κ2) is 10.7. The highest BCUT2D eigenvalue weighted by atomic mass is 19.1. The third-order valence-electron chi connectivity index (χ3n) is 5.89. The zero-order valence-electron chi connectivity index (χ0n) is 18.2. The predicted molar refractivity (Wildman–Crippen MR) is 124 cm³/mol. The topological polar surface area (TPSA) is 63.6 Å². The number of ether oxygens (including phenoxy) is 2. The molecular formula is C26H29FN2O3. The van der Waals surface area contributed by atoms with Crippen LogP contribution in [0.5, 0.6) is 5.75 Å². The number of halogens is 1. The van der Waals surface area contributed by atoms with Crippen molar-refractivity contribution in [1.82, 2.24) is 10.3 Å². The van der Waals surface area contributed by atoms with Crippen molar-refractivity contribution in [3.05, 3.63) is 77.7 Å². The van der Waals surface area contributed by atoms with Gasteiger partial charge in [0.1, 0.15) is 11.6 Å². The molecule has 1 aliphatic heterocycles. The summed E-state index contributed by atoms with van der Waals surface area (Å²) in [7, 11) is 1.64. The molecule has 0 aliphatic carbocycles. The lowest BCUT2D eigenvalue weighted by atomic mass is 9.95. The predicted octanol–water partition coefficient (Wildman–Crippen LogP) is 4.14. The lowest BCUT2D eigenvalue weighted by Gasteiger charge is -2.32. The van der Waals surface area contributed by atoms with Crippen LogP contribution in [0, 0.1) is 5.82 Å². The fourth-order valence-electron chi connectivity index (χ4n) is 4.12. The molecule has 0 saturated carbocycles. The summed E-state index contributed by atoms with van der Waals surface area (Å²) in [5, 5.41) is 15.3. The molecule has 6 heteroatoms. The minimum absolute atomic E-state index is 0.190. The maximum atomic E-state index is 13.2. The zero-order chi connectivity index (χ0) is 22.3. The van der Waals surface area contributed by atoms with Crippen LogP contribution in [-0.2, 0) is 11.2 Å². The van der Waals surface area contributed by atoms with E-state index in [9.17, 15) is 9.50 Å². The summed E-state index contributed by atoms with van der Waals surface area (Å²) in [6, 6.07) is 14.5. The summed E-state index contributed by atoms with van der Waals surface area (Å²) in [5.41, 5.74) is 2.76. The average Bonchev–Trinajstić information content (AvgIpc) is 2.82. The molecule has 0 amide bonds. The third kappa shape index (κ3) is 5.71. The standard InChI is InChI=1S/C26H29FN2O3/c1-31-22-8-9-24-23(16-22)19(11-13-29-24)15-25(30)26-10-7-21(17-32-26)28-12-3-5-18-4-2-6-20(27)14-18/h2-6,8-9,11,13-14,16,21,25-26,28,30H,7,10,12,15,17H2,1H3/b5-3+/t21-,25+,26+/m1/s1. The number of methoxy groups -OCH3 is 1. The second-order valence-corrected chi connectivity index (χ2v) is 8.14. The highest BCUT2D eigenvalue weighted by Gasteiger charge is 2.27. The Balaban J connectivity index is 1.27. The molecule has 5 nitrogen and oxygen atoms in total. The van der Waals surface area contributed by atoms with Crippen molar-refractivity contribution >= 4 is 17.0 Å². The summed E-state index contributed by atoms with van der Waals surface area (Å²) < 4.78 is 24.5. The number of hydrogen-bond donors (Lipinski definition) is 2. The van der Waals surface area contributed by atoms with Crippen LogP contribution in [0.1, 0.15) is 24.0 Å². The molecule has 0 radical (unpaired) electrons. The summed E-state index contributed by atoms with van der Waals surface area (Å²) in [6.07, 6.45) is 7.12. The van der Waals surface area contributed by atoms with E-state index in [1.807, 2.05) is 42.5 Å². The number of aliphatic hydroxyl groups excluding tert-OH is 1. The van der Waals surface area contributed by atoms with Crippen molar-refractivity contribution in [1.29, 1.82) is 0 Å². The number of pyridine rings is 1. The summed E-state index contributed by atoms with van der Waals surface area (Å²) >= 11 is 0. The molecule has 2 heterocycles. The van der Waals surface area contributed by atoms with Crippen molar-refractivity contribution in [3.63, 3.8) is 0 Å². The molecule has 2 N–H and O–H groups in total. The van der Waals surface area contributed by atoms with Gasteiger partial charge in [-0.05, 0) is 60.4 Å². The Morgan fingerprint density at radius 2 is 2.16 bits per heavy atom. The first-order chi connectivity index (χ1) is 15.6. The Labute approximate surface area is 187 Å². The van der Waals surface area contributed by atoms with Gasteiger partial charge in [-0.3, -0.25) is 4.98 Å². The number of aliphatic hydroxyl groups is 1. The summed E-state index contributed by atoms with van der Waals surface area (Å²) in [4.78, 5) is 4.41. The van der Waals surface area contributed by atoms with Crippen LogP contribution in [0.3, 0.4) is 0 Å². The van der Waals surface area contributed by atoms with E-state index in [-0.39, 0.29) is 18.0 Å². The summed E-state index contributed by atoms with van der Waals surface area (Å²) in [5.74, 6) is 0.541. The first-order valence-corrected chi connectivity index (χ1v) is 11.0. The van der Waals surface area contributed by atoms with E-state index < -0.39 is 6.10 Å². The Morgan fingerprint density at radius 1 is 1.25 bits per heavy atom. The number of aromatic nitrogens is 1. The van der Waals surface area contributed by atoms with Gasteiger partial charge in [-0.25, -0.2) is 4.39 Å². The van der Waals surface area contributed by atoms with Crippen LogP contribution in [0.4, 0.5) is 4.39 Å². The molecule has 1 aliphatic rings. The Kier molecular flexibility index (Phi) is 7.47. The van der Waals surface area contributed by atoms with Gasteiger partial charge in [0.25, 0.3) is 0 Å². The van der Waals surface area contributed by atoms with Gasteiger partial charge in [-0.2, -0.15) is 0 Å². The van der Waals surface area contributed by atoms with Crippen LogP contribution in [-0.4, -0.2) is 48.6 Å². The second-order valence-electron chi connectivity index (χ2n) is 8.14. The van der Waals surface area contributed by atoms with Crippen molar-refractivity contribution in [2.75, 3.05) is 20.3 Å². The SMILES string of the molecule is COc1ccc2nccc(C[C@H](O)[C@@H]3CC[C@@H](NC/C=C/c4cccc(F)c4)CO3)c2c1. The van der Waals surface area contributed by atoms with Gasteiger partial charge in [0.05, 0.1) is 31.4 Å². The molecular weight excluding hydrogens is 407 g/mol. The Morgan fingerprint density at radius 3 is 2.94 bits per heavy atom. The van der Waals surface area contributed by atoms with Crippen molar-refractivity contribution in [3.8, 4) is 5.75 Å². The maximum Gasteiger partial charge on any atom is 0.123 e. The zero-order valence-corrected chi connectivity index (χ0v) is 18.2. The van der Waals surface area contributed by atoms with Gasteiger partial charge in [0.2, 0.25) is 0 Å². The largest absolute Gasteiger partial charge is 0.497 e. The highest BCUT2D eigenvalue weighted by Crippen LogP contribution is 2.25. The summed E-state index contributed by atoms with van der Waals surface area (Å²) in [6.45, 7) is 1.24. The lowest BCUT2D eigenvalue weighted by Crippen LogP contribution is -2.44. The molecule has 32 heavy (non-hydrogen) atoms. The molecule has 0 bridgehead atoms. The van der Waals surface area contributed by atoms with Crippen LogP contribution >= 0.6 is 0 Å². The van der Waals surface area contributed by atoms with E-state index in [2.05, 4.69) is 10.3 Å². The number of hydrogen-bond acceptors (Lipinski definition) is 5. The molecule has 0 unspecified atom stereocenters. The van der Waals surface area contributed by atoms with E-state index in [1.165, 1.54) is 12.1 Å². The number of rotatable bonds is 8.